The highest BCUT2D eigenvalue weighted by Crippen LogP contribution is 2.06. The van der Waals surface area contributed by atoms with E-state index in [1.807, 2.05) is 13.8 Å². The Morgan fingerprint density at radius 2 is 1.58 bits per heavy atom. The molecule has 0 bridgehead atoms. The number of carbonyl (C=O) groups is 5. The van der Waals surface area contributed by atoms with Gasteiger partial charge in [-0.3, -0.25) is 24.2 Å². The highest BCUT2D eigenvalue weighted by Gasteiger charge is 2.26. The lowest BCUT2D eigenvalue weighted by Gasteiger charge is -2.22. The van der Waals surface area contributed by atoms with Gasteiger partial charge < -0.3 is 44.0 Å². The van der Waals surface area contributed by atoms with Crippen LogP contribution < -0.4 is 38.9 Å². The van der Waals surface area contributed by atoms with Gasteiger partial charge in [0.05, 0.1) is 12.6 Å². The number of carboxylic acids is 1. The van der Waals surface area contributed by atoms with Crippen LogP contribution in [0.15, 0.2) is 4.99 Å². The Hall–Kier alpha value is -3.42. The van der Waals surface area contributed by atoms with Crippen LogP contribution in [-0.4, -0.2) is 71.9 Å². The fourth-order valence-electron chi connectivity index (χ4n) is 2.71. The van der Waals surface area contributed by atoms with Gasteiger partial charge in [0.25, 0.3) is 0 Å². The van der Waals surface area contributed by atoms with E-state index < -0.39 is 54.3 Å². The van der Waals surface area contributed by atoms with Crippen LogP contribution in [0.4, 0.5) is 0 Å². The zero-order valence-corrected chi connectivity index (χ0v) is 19.0. The minimum atomic E-state index is -1.24. The molecule has 0 saturated carbocycles. The van der Waals surface area contributed by atoms with E-state index in [1.165, 1.54) is 0 Å². The van der Waals surface area contributed by atoms with Crippen molar-refractivity contribution in [2.24, 2.45) is 33.8 Å². The van der Waals surface area contributed by atoms with E-state index in [4.69, 9.17) is 22.9 Å². The number of guanidine groups is 1. The molecule has 0 spiro atoms. The monoisotopic (exact) mass is 472 g/mol. The largest absolute Gasteiger partial charge is 0.480 e. The molecule has 33 heavy (non-hydrogen) atoms. The van der Waals surface area contributed by atoms with Crippen molar-refractivity contribution in [3.63, 3.8) is 0 Å². The number of carbonyl (C=O) groups excluding carboxylic acids is 4. The van der Waals surface area contributed by atoms with Crippen molar-refractivity contribution in [1.82, 2.24) is 16.0 Å². The van der Waals surface area contributed by atoms with E-state index in [9.17, 15) is 29.1 Å². The van der Waals surface area contributed by atoms with Gasteiger partial charge in [-0.25, -0.2) is 4.79 Å². The number of hydrogen-bond acceptors (Lipinski definition) is 7. The van der Waals surface area contributed by atoms with E-state index in [0.717, 1.165) is 0 Å². The summed E-state index contributed by atoms with van der Waals surface area (Å²) < 4.78 is 0. The fourth-order valence-corrected chi connectivity index (χ4v) is 2.71. The third kappa shape index (κ3) is 14.3. The number of nitrogens with two attached hydrogens (primary N) is 4. The molecule has 14 heteroatoms. The number of carboxylic acid groups (broad SMARTS) is 1. The fraction of sp³-hybridized carbons (Fsp3) is 0.684. The normalized spacial score (nSPS) is 13.3. The molecule has 0 aromatic rings. The van der Waals surface area contributed by atoms with E-state index in [-0.39, 0.29) is 44.1 Å². The number of nitrogens with zero attached hydrogens (tertiary/aromatic N) is 1. The number of hydrogen-bond donors (Lipinski definition) is 8. The first kappa shape index (κ1) is 29.6. The first-order chi connectivity index (χ1) is 15.3. The lowest BCUT2D eigenvalue weighted by molar-refractivity contribution is -0.142. The molecule has 0 aromatic carbocycles. The number of nitrogens with one attached hydrogen (secondary N) is 3. The zero-order valence-electron chi connectivity index (χ0n) is 19.0. The van der Waals surface area contributed by atoms with E-state index in [2.05, 4.69) is 20.9 Å². The Labute approximate surface area is 192 Å². The molecule has 3 atom stereocenters. The van der Waals surface area contributed by atoms with Gasteiger partial charge in [-0.05, 0) is 31.6 Å². The molecule has 0 aliphatic rings. The van der Waals surface area contributed by atoms with Crippen LogP contribution in [0.5, 0.6) is 0 Å². The van der Waals surface area contributed by atoms with E-state index >= 15 is 0 Å². The summed E-state index contributed by atoms with van der Waals surface area (Å²) in [5.74, 6) is -3.91. The van der Waals surface area contributed by atoms with Gasteiger partial charge >= 0.3 is 5.97 Å². The number of amides is 4. The predicted octanol–water partition coefficient (Wildman–Crippen LogP) is -3.15. The predicted molar refractivity (Wildman–Crippen MR) is 120 cm³/mol. The molecular formula is C19H36N8O6. The molecule has 3 unspecified atom stereocenters. The maximum absolute atomic E-state index is 12.5. The van der Waals surface area contributed by atoms with Gasteiger partial charge in [0.1, 0.15) is 12.1 Å². The average molecular weight is 473 g/mol. The lowest BCUT2D eigenvalue weighted by atomic mass is 10.0. The van der Waals surface area contributed by atoms with Crippen molar-refractivity contribution in [1.29, 1.82) is 0 Å². The summed E-state index contributed by atoms with van der Waals surface area (Å²) in [6.07, 6.45) is 0.622. The van der Waals surface area contributed by atoms with Gasteiger partial charge in [-0.2, -0.15) is 0 Å². The summed E-state index contributed by atoms with van der Waals surface area (Å²) in [6, 6.07) is -3.18. The van der Waals surface area contributed by atoms with Gasteiger partial charge in [-0.15, -0.1) is 0 Å². The maximum atomic E-state index is 12.5. The van der Waals surface area contributed by atoms with Crippen molar-refractivity contribution in [3.05, 3.63) is 0 Å². The summed E-state index contributed by atoms with van der Waals surface area (Å²) in [4.78, 5) is 62.8. The Morgan fingerprint density at radius 1 is 0.939 bits per heavy atom. The summed E-state index contributed by atoms with van der Waals surface area (Å²) in [5.41, 5.74) is 21.2. The average Bonchev–Trinajstić information content (AvgIpc) is 2.70. The zero-order chi connectivity index (χ0) is 25.6. The second-order valence-corrected chi connectivity index (χ2v) is 7.93. The standard InChI is InChI=1S/C19H36N8O6/c1-10(2)8-13(27-16(30)11(20)5-6-14(21)28)17(31)25-9-15(29)26-12(18(32)33)4-3-7-24-19(22)23/h10-13H,3-9,20H2,1-2H3,(H2,21,28)(H,25,31)(H,26,29)(H,27,30)(H,32,33)(H4,22,23,24). The Balaban J connectivity index is 4.80. The first-order valence-electron chi connectivity index (χ1n) is 10.5. The van der Waals surface area contributed by atoms with Crippen LogP contribution >= 0.6 is 0 Å². The van der Waals surface area contributed by atoms with Crippen molar-refractivity contribution < 1.29 is 29.1 Å². The molecule has 0 rings (SSSR count). The third-order valence-corrected chi connectivity index (χ3v) is 4.38. The number of aliphatic imine (C=N–C) groups is 1. The molecule has 0 saturated heterocycles. The lowest BCUT2D eigenvalue weighted by Crippen LogP contribution is -2.54. The number of primary amides is 1. The van der Waals surface area contributed by atoms with Crippen LogP contribution in [0.1, 0.15) is 46.0 Å². The number of rotatable bonds is 16. The molecule has 4 amide bonds. The van der Waals surface area contributed by atoms with Crippen LogP contribution in [0.3, 0.4) is 0 Å². The molecule has 0 aliphatic heterocycles. The third-order valence-electron chi connectivity index (χ3n) is 4.38. The van der Waals surface area contributed by atoms with Gasteiger partial charge in [0.2, 0.25) is 23.6 Å². The highest BCUT2D eigenvalue weighted by atomic mass is 16.4. The minimum absolute atomic E-state index is 0.0262. The molecule has 0 heterocycles. The molecule has 0 aliphatic carbocycles. The summed E-state index contributed by atoms with van der Waals surface area (Å²) in [7, 11) is 0. The molecule has 0 aromatic heterocycles. The second kappa shape index (κ2) is 15.4. The molecule has 0 radical (unpaired) electrons. The number of aliphatic carboxylic acids is 1. The van der Waals surface area contributed by atoms with Crippen LogP contribution in [0, 0.1) is 5.92 Å². The second-order valence-electron chi connectivity index (χ2n) is 7.93. The Kier molecular flexibility index (Phi) is 13.8. The van der Waals surface area contributed by atoms with Gasteiger partial charge in [0.15, 0.2) is 5.96 Å². The van der Waals surface area contributed by atoms with Crippen LogP contribution in [0.25, 0.3) is 0 Å². The van der Waals surface area contributed by atoms with Crippen LogP contribution in [-0.2, 0) is 24.0 Å². The quantitative estimate of drug-likeness (QED) is 0.0639. The smallest absolute Gasteiger partial charge is 0.326 e. The van der Waals surface area contributed by atoms with E-state index in [0.29, 0.717) is 6.42 Å². The minimum Gasteiger partial charge on any atom is -0.480 e. The maximum Gasteiger partial charge on any atom is 0.326 e. The first-order valence-corrected chi connectivity index (χ1v) is 10.5. The van der Waals surface area contributed by atoms with Crippen molar-refractivity contribution in [3.8, 4) is 0 Å². The molecule has 0 fully saturated rings. The van der Waals surface area contributed by atoms with Gasteiger partial charge in [0, 0.05) is 13.0 Å². The molecular weight excluding hydrogens is 436 g/mol. The van der Waals surface area contributed by atoms with Crippen molar-refractivity contribution in [2.75, 3.05) is 13.1 Å². The van der Waals surface area contributed by atoms with E-state index in [1.54, 1.807) is 0 Å². The summed E-state index contributed by atoms with van der Waals surface area (Å²) in [6.45, 7) is 3.39. The Morgan fingerprint density at radius 3 is 2.09 bits per heavy atom. The van der Waals surface area contributed by atoms with Crippen molar-refractivity contribution in [2.45, 2.75) is 64.1 Å². The topological polar surface area (TPSA) is 258 Å². The summed E-state index contributed by atoms with van der Waals surface area (Å²) in [5, 5.41) is 16.5. The molecule has 14 nitrogen and oxygen atoms in total. The van der Waals surface area contributed by atoms with Crippen molar-refractivity contribution >= 4 is 35.6 Å². The molecule has 12 N–H and O–H groups in total. The molecule has 188 valence electrons. The SMILES string of the molecule is CC(C)CC(NC(=O)C(N)CCC(N)=O)C(=O)NCC(=O)NC(CCCN=C(N)N)C(=O)O. The van der Waals surface area contributed by atoms with Crippen LogP contribution in [0.2, 0.25) is 0 Å². The van der Waals surface area contributed by atoms with Gasteiger partial charge in [-0.1, -0.05) is 13.8 Å². The Bertz CT molecular complexity index is 723. The highest BCUT2D eigenvalue weighted by molar-refractivity contribution is 5.92. The summed E-state index contributed by atoms with van der Waals surface area (Å²) >= 11 is 0.